The van der Waals surface area contributed by atoms with Crippen molar-refractivity contribution in [2.24, 2.45) is 5.92 Å². The SMILES string of the molecule is CC(C)NC(=O)N1CCC(CN2C(=O)C3(c4ccc5c(c4)OCO5)OCCc4cccc2c43)CC1. The molecular formula is C27H31N3O5. The highest BCUT2D eigenvalue weighted by molar-refractivity contribution is 6.10. The number of carbonyl (C=O) groups excluding carboxylic acids is 2. The van der Waals surface area contributed by atoms with Gasteiger partial charge < -0.3 is 29.3 Å². The first-order valence-corrected chi connectivity index (χ1v) is 12.5. The Morgan fingerprint density at radius 2 is 1.94 bits per heavy atom. The van der Waals surface area contributed by atoms with Crippen LogP contribution in [0.5, 0.6) is 11.5 Å². The Labute approximate surface area is 205 Å². The molecule has 0 radical (unpaired) electrons. The smallest absolute Gasteiger partial charge is 0.317 e. The second-order valence-electron chi connectivity index (χ2n) is 10.1. The Morgan fingerprint density at radius 3 is 2.74 bits per heavy atom. The van der Waals surface area contributed by atoms with Crippen LogP contribution in [0.4, 0.5) is 10.5 Å². The Morgan fingerprint density at radius 1 is 1.14 bits per heavy atom. The predicted molar refractivity (Wildman–Crippen MR) is 130 cm³/mol. The monoisotopic (exact) mass is 477 g/mol. The molecule has 184 valence electrons. The lowest BCUT2D eigenvalue weighted by atomic mass is 9.82. The molecule has 8 nitrogen and oxygen atoms in total. The van der Waals surface area contributed by atoms with Crippen LogP contribution in [0.1, 0.15) is 43.4 Å². The van der Waals surface area contributed by atoms with Crippen molar-refractivity contribution in [1.29, 1.82) is 0 Å². The van der Waals surface area contributed by atoms with Gasteiger partial charge in [-0.3, -0.25) is 4.79 Å². The standard InChI is InChI=1S/C27H31N3O5/c1-17(2)28-26(32)29-11-8-18(9-12-29)15-30-21-5-3-4-19-10-13-35-27(24(19)21,25(30)31)20-6-7-22-23(14-20)34-16-33-22/h3-7,14,17-18H,8-13,15-16H2,1-2H3,(H,28,32). The fraction of sp³-hybridized carbons (Fsp3) is 0.481. The number of anilines is 1. The lowest BCUT2D eigenvalue weighted by Gasteiger charge is -2.36. The number of likely N-dealkylation sites (tertiary alicyclic amines) is 1. The van der Waals surface area contributed by atoms with Crippen molar-refractivity contribution in [2.45, 2.75) is 44.8 Å². The molecule has 4 heterocycles. The summed E-state index contributed by atoms with van der Waals surface area (Å²) in [6, 6.07) is 12.0. The van der Waals surface area contributed by atoms with Gasteiger partial charge in [0.25, 0.3) is 5.91 Å². The van der Waals surface area contributed by atoms with Crippen molar-refractivity contribution in [3.05, 3.63) is 53.1 Å². The molecule has 1 atom stereocenters. The fourth-order valence-electron chi connectivity index (χ4n) is 5.84. The van der Waals surface area contributed by atoms with Crippen LogP contribution in [-0.2, 0) is 21.6 Å². The summed E-state index contributed by atoms with van der Waals surface area (Å²) >= 11 is 0. The number of piperidine rings is 1. The molecule has 1 unspecified atom stereocenters. The van der Waals surface area contributed by atoms with E-state index in [9.17, 15) is 9.59 Å². The van der Waals surface area contributed by atoms with Crippen molar-refractivity contribution < 1.29 is 23.8 Å². The van der Waals surface area contributed by atoms with E-state index in [2.05, 4.69) is 11.4 Å². The van der Waals surface area contributed by atoms with Crippen LogP contribution in [0.3, 0.4) is 0 Å². The van der Waals surface area contributed by atoms with E-state index in [1.165, 1.54) is 0 Å². The molecule has 3 amide bonds. The van der Waals surface area contributed by atoms with E-state index in [4.69, 9.17) is 14.2 Å². The minimum Gasteiger partial charge on any atom is -0.454 e. The van der Waals surface area contributed by atoms with E-state index >= 15 is 0 Å². The number of benzene rings is 2. The summed E-state index contributed by atoms with van der Waals surface area (Å²) in [6.45, 7) is 6.61. The van der Waals surface area contributed by atoms with Crippen LogP contribution in [0.2, 0.25) is 0 Å². The average molecular weight is 478 g/mol. The summed E-state index contributed by atoms with van der Waals surface area (Å²) in [5, 5.41) is 2.97. The highest BCUT2D eigenvalue weighted by Gasteiger charge is 2.56. The third-order valence-electron chi connectivity index (χ3n) is 7.54. The fourth-order valence-corrected chi connectivity index (χ4v) is 5.84. The number of hydrogen-bond donors (Lipinski definition) is 1. The quantitative estimate of drug-likeness (QED) is 0.730. The van der Waals surface area contributed by atoms with Crippen molar-refractivity contribution in [2.75, 3.05) is 37.9 Å². The van der Waals surface area contributed by atoms with E-state index in [-0.39, 0.29) is 24.8 Å². The number of urea groups is 1. The van der Waals surface area contributed by atoms with E-state index in [1.807, 2.05) is 54.0 Å². The molecule has 4 aliphatic rings. The third kappa shape index (κ3) is 3.54. The number of ether oxygens (including phenoxy) is 3. The number of fused-ring (bicyclic) bond motifs is 1. The topological polar surface area (TPSA) is 80.3 Å². The summed E-state index contributed by atoms with van der Waals surface area (Å²) in [6.07, 6.45) is 2.50. The van der Waals surface area contributed by atoms with Gasteiger partial charge >= 0.3 is 6.03 Å². The minimum atomic E-state index is -1.16. The van der Waals surface area contributed by atoms with Gasteiger partial charge in [0, 0.05) is 36.8 Å². The zero-order chi connectivity index (χ0) is 24.2. The molecule has 1 saturated heterocycles. The summed E-state index contributed by atoms with van der Waals surface area (Å²) in [5.74, 6) is 1.60. The Hall–Kier alpha value is -3.26. The maximum atomic E-state index is 14.2. The summed E-state index contributed by atoms with van der Waals surface area (Å²) in [4.78, 5) is 30.4. The van der Waals surface area contributed by atoms with Crippen LogP contribution in [0, 0.1) is 5.92 Å². The number of rotatable bonds is 4. The zero-order valence-electron chi connectivity index (χ0n) is 20.2. The molecule has 0 spiro atoms. The number of amides is 3. The van der Waals surface area contributed by atoms with E-state index in [0.29, 0.717) is 43.7 Å². The molecule has 1 fully saturated rings. The van der Waals surface area contributed by atoms with Crippen LogP contribution in [-0.4, -0.2) is 55.9 Å². The largest absolute Gasteiger partial charge is 0.454 e. The van der Waals surface area contributed by atoms with Crippen LogP contribution in [0.25, 0.3) is 0 Å². The molecule has 1 N–H and O–H groups in total. The summed E-state index contributed by atoms with van der Waals surface area (Å²) in [5.41, 5.74) is 2.67. The van der Waals surface area contributed by atoms with Gasteiger partial charge in [0.05, 0.1) is 12.3 Å². The third-order valence-corrected chi connectivity index (χ3v) is 7.54. The maximum Gasteiger partial charge on any atom is 0.317 e. The Kier molecular flexibility index (Phi) is 5.36. The van der Waals surface area contributed by atoms with E-state index in [1.54, 1.807) is 0 Å². The molecule has 2 aromatic carbocycles. The Bertz CT molecular complexity index is 1170. The number of nitrogens with one attached hydrogen (secondary N) is 1. The van der Waals surface area contributed by atoms with Gasteiger partial charge in [0.2, 0.25) is 6.79 Å². The molecule has 35 heavy (non-hydrogen) atoms. The highest BCUT2D eigenvalue weighted by Crippen LogP contribution is 2.52. The van der Waals surface area contributed by atoms with Gasteiger partial charge in [0.1, 0.15) is 0 Å². The zero-order valence-corrected chi connectivity index (χ0v) is 20.2. The molecule has 6 rings (SSSR count). The number of nitrogens with zero attached hydrogens (tertiary/aromatic N) is 2. The molecule has 2 aromatic rings. The first-order chi connectivity index (χ1) is 17.0. The predicted octanol–water partition coefficient (Wildman–Crippen LogP) is 3.41. The van der Waals surface area contributed by atoms with Crippen LogP contribution >= 0.6 is 0 Å². The second-order valence-corrected chi connectivity index (χ2v) is 10.1. The number of carbonyl (C=O) groups is 2. The van der Waals surface area contributed by atoms with Gasteiger partial charge in [-0.2, -0.15) is 0 Å². The van der Waals surface area contributed by atoms with Gasteiger partial charge in [-0.25, -0.2) is 4.79 Å². The van der Waals surface area contributed by atoms with E-state index in [0.717, 1.165) is 41.6 Å². The van der Waals surface area contributed by atoms with Crippen LogP contribution in [0.15, 0.2) is 36.4 Å². The molecule has 0 saturated carbocycles. The first-order valence-electron chi connectivity index (χ1n) is 12.5. The van der Waals surface area contributed by atoms with E-state index < -0.39 is 5.60 Å². The van der Waals surface area contributed by atoms with Gasteiger partial charge in [-0.15, -0.1) is 0 Å². The molecule has 4 aliphatic heterocycles. The van der Waals surface area contributed by atoms with Crippen molar-refractivity contribution in [3.63, 3.8) is 0 Å². The highest BCUT2D eigenvalue weighted by atomic mass is 16.7. The van der Waals surface area contributed by atoms with Gasteiger partial charge in [-0.05, 0) is 62.8 Å². The molecular weight excluding hydrogens is 446 g/mol. The lowest BCUT2D eigenvalue weighted by Crippen LogP contribution is -2.49. The molecule has 0 bridgehead atoms. The normalized spacial score (nSPS) is 23.1. The molecule has 0 aromatic heterocycles. The molecule has 8 heteroatoms. The Balaban J connectivity index is 1.29. The van der Waals surface area contributed by atoms with Gasteiger partial charge in [0.15, 0.2) is 17.1 Å². The van der Waals surface area contributed by atoms with Crippen molar-refractivity contribution >= 4 is 17.6 Å². The maximum absolute atomic E-state index is 14.2. The average Bonchev–Trinajstić information content (AvgIpc) is 3.42. The van der Waals surface area contributed by atoms with Crippen molar-refractivity contribution in [3.8, 4) is 11.5 Å². The van der Waals surface area contributed by atoms with Gasteiger partial charge in [-0.1, -0.05) is 18.2 Å². The van der Waals surface area contributed by atoms with Crippen molar-refractivity contribution in [1.82, 2.24) is 10.2 Å². The minimum absolute atomic E-state index is 0.00759. The lowest BCUT2D eigenvalue weighted by molar-refractivity contribution is -0.139. The van der Waals surface area contributed by atoms with Crippen LogP contribution < -0.4 is 19.7 Å². The number of hydrogen-bond acceptors (Lipinski definition) is 5. The summed E-state index contributed by atoms with van der Waals surface area (Å²) in [7, 11) is 0. The molecule has 0 aliphatic carbocycles. The first kappa shape index (κ1) is 22.2. The second kappa shape index (κ2) is 8.45. The summed E-state index contributed by atoms with van der Waals surface area (Å²) < 4.78 is 17.5.